The summed E-state index contributed by atoms with van der Waals surface area (Å²) in [7, 11) is 1.81. The standard InChI is InChI=1S/C16H15N3O/c1-19-11-14(17)16(18-19)20-15-10-6-5-9-13(15)12-7-3-2-4-8-12/h2-11H,17H2,1H3. The maximum Gasteiger partial charge on any atom is 0.261 e. The van der Waals surface area contributed by atoms with Crippen LogP contribution in [-0.4, -0.2) is 9.78 Å². The van der Waals surface area contributed by atoms with E-state index in [1.807, 2.05) is 61.6 Å². The molecule has 0 aliphatic heterocycles. The molecule has 0 fully saturated rings. The van der Waals surface area contributed by atoms with Gasteiger partial charge >= 0.3 is 0 Å². The van der Waals surface area contributed by atoms with Crippen molar-refractivity contribution in [2.24, 2.45) is 7.05 Å². The van der Waals surface area contributed by atoms with Gasteiger partial charge in [0.05, 0.1) is 6.20 Å². The molecule has 0 saturated carbocycles. The highest BCUT2D eigenvalue weighted by atomic mass is 16.5. The van der Waals surface area contributed by atoms with Crippen molar-refractivity contribution in [3.63, 3.8) is 0 Å². The highest BCUT2D eigenvalue weighted by Crippen LogP contribution is 2.34. The first-order valence-electron chi connectivity index (χ1n) is 6.35. The Kier molecular flexibility index (Phi) is 3.13. The number of aryl methyl sites for hydroxylation is 1. The molecule has 2 aromatic carbocycles. The highest BCUT2D eigenvalue weighted by molar-refractivity contribution is 5.71. The number of para-hydroxylation sites is 1. The van der Waals surface area contributed by atoms with Gasteiger partial charge in [-0.1, -0.05) is 48.5 Å². The van der Waals surface area contributed by atoms with E-state index in [-0.39, 0.29) is 0 Å². The van der Waals surface area contributed by atoms with Gasteiger partial charge in [-0.3, -0.25) is 4.68 Å². The minimum Gasteiger partial charge on any atom is -0.435 e. The minimum atomic E-state index is 0.427. The molecule has 0 bridgehead atoms. The van der Waals surface area contributed by atoms with E-state index in [1.54, 1.807) is 10.9 Å². The normalized spacial score (nSPS) is 10.4. The Morgan fingerprint density at radius 1 is 1.00 bits per heavy atom. The summed E-state index contributed by atoms with van der Waals surface area (Å²) in [5, 5.41) is 4.21. The third-order valence-electron chi connectivity index (χ3n) is 3.00. The first kappa shape index (κ1) is 12.3. The summed E-state index contributed by atoms with van der Waals surface area (Å²) in [5.41, 5.74) is 8.50. The molecule has 0 spiro atoms. The van der Waals surface area contributed by atoms with Crippen molar-refractivity contribution >= 4 is 5.69 Å². The fourth-order valence-corrected chi connectivity index (χ4v) is 2.08. The van der Waals surface area contributed by atoms with Gasteiger partial charge in [-0.2, -0.15) is 0 Å². The van der Waals surface area contributed by atoms with Gasteiger partial charge in [-0.05, 0) is 11.6 Å². The fourth-order valence-electron chi connectivity index (χ4n) is 2.08. The number of hydrogen-bond acceptors (Lipinski definition) is 3. The van der Waals surface area contributed by atoms with Crippen molar-refractivity contribution in [2.45, 2.75) is 0 Å². The van der Waals surface area contributed by atoms with Gasteiger partial charge < -0.3 is 10.5 Å². The average Bonchev–Trinajstić information content (AvgIpc) is 2.78. The van der Waals surface area contributed by atoms with Crippen molar-refractivity contribution in [1.82, 2.24) is 9.78 Å². The zero-order chi connectivity index (χ0) is 13.9. The van der Waals surface area contributed by atoms with Crippen LogP contribution in [0.3, 0.4) is 0 Å². The molecule has 3 rings (SSSR count). The SMILES string of the molecule is Cn1cc(N)c(Oc2ccccc2-c2ccccc2)n1. The van der Waals surface area contributed by atoms with E-state index < -0.39 is 0 Å². The number of hydrogen-bond donors (Lipinski definition) is 1. The Morgan fingerprint density at radius 3 is 2.40 bits per heavy atom. The molecule has 0 atom stereocenters. The molecule has 0 aliphatic rings. The van der Waals surface area contributed by atoms with Crippen LogP contribution >= 0.6 is 0 Å². The van der Waals surface area contributed by atoms with Gasteiger partial charge in [-0.25, -0.2) is 0 Å². The zero-order valence-corrected chi connectivity index (χ0v) is 11.2. The Hall–Kier alpha value is -2.75. The van der Waals surface area contributed by atoms with Crippen molar-refractivity contribution in [1.29, 1.82) is 0 Å². The van der Waals surface area contributed by atoms with Crippen LogP contribution in [0.2, 0.25) is 0 Å². The van der Waals surface area contributed by atoms with Crippen LogP contribution in [0.5, 0.6) is 11.6 Å². The van der Waals surface area contributed by atoms with Crippen molar-refractivity contribution in [3.8, 4) is 22.8 Å². The van der Waals surface area contributed by atoms with Crippen LogP contribution in [0.15, 0.2) is 60.8 Å². The van der Waals surface area contributed by atoms with Crippen LogP contribution < -0.4 is 10.5 Å². The highest BCUT2D eigenvalue weighted by Gasteiger charge is 2.10. The molecule has 0 amide bonds. The minimum absolute atomic E-state index is 0.427. The van der Waals surface area contributed by atoms with Crippen molar-refractivity contribution < 1.29 is 4.74 Å². The first-order valence-corrected chi connectivity index (χ1v) is 6.35. The second kappa shape index (κ2) is 5.09. The topological polar surface area (TPSA) is 53.1 Å². The van der Waals surface area contributed by atoms with Crippen LogP contribution in [0.4, 0.5) is 5.69 Å². The lowest BCUT2D eigenvalue weighted by molar-refractivity contribution is 0.457. The summed E-state index contributed by atoms with van der Waals surface area (Å²) in [6.07, 6.45) is 1.72. The van der Waals surface area contributed by atoms with E-state index in [4.69, 9.17) is 10.5 Å². The average molecular weight is 265 g/mol. The number of ether oxygens (including phenoxy) is 1. The van der Waals surface area contributed by atoms with Gasteiger partial charge in [0, 0.05) is 12.6 Å². The lowest BCUT2D eigenvalue weighted by atomic mass is 10.1. The fraction of sp³-hybridized carbons (Fsp3) is 0.0625. The van der Waals surface area contributed by atoms with Gasteiger partial charge in [0.2, 0.25) is 0 Å². The van der Waals surface area contributed by atoms with Crippen molar-refractivity contribution in [3.05, 3.63) is 60.8 Å². The van der Waals surface area contributed by atoms with Gasteiger partial charge in [0.25, 0.3) is 5.88 Å². The summed E-state index contributed by atoms with van der Waals surface area (Å²) in [6, 6.07) is 17.9. The van der Waals surface area contributed by atoms with Gasteiger partial charge in [0.1, 0.15) is 11.4 Å². The molecule has 4 nitrogen and oxygen atoms in total. The molecule has 100 valence electrons. The molecule has 0 radical (unpaired) electrons. The first-order chi connectivity index (χ1) is 9.74. The van der Waals surface area contributed by atoms with Gasteiger partial charge in [-0.15, -0.1) is 5.10 Å². The van der Waals surface area contributed by atoms with E-state index in [0.29, 0.717) is 11.6 Å². The Balaban J connectivity index is 2.01. The zero-order valence-electron chi connectivity index (χ0n) is 11.2. The Bertz CT molecular complexity index is 720. The number of rotatable bonds is 3. The number of nitrogens with zero attached hydrogens (tertiary/aromatic N) is 2. The van der Waals surface area contributed by atoms with Crippen molar-refractivity contribution in [2.75, 3.05) is 5.73 Å². The Morgan fingerprint density at radius 2 is 1.70 bits per heavy atom. The quantitative estimate of drug-likeness (QED) is 0.789. The summed E-state index contributed by atoms with van der Waals surface area (Å²) in [4.78, 5) is 0. The summed E-state index contributed by atoms with van der Waals surface area (Å²) in [5.74, 6) is 1.17. The van der Waals surface area contributed by atoms with E-state index in [0.717, 1.165) is 16.9 Å². The maximum atomic E-state index is 5.87. The number of nitrogen functional groups attached to an aromatic ring is 1. The smallest absolute Gasteiger partial charge is 0.261 e. The number of benzene rings is 2. The number of aromatic nitrogens is 2. The van der Waals surface area contributed by atoms with E-state index in [2.05, 4.69) is 5.10 Å². The second-order valence-corrected chi connectivity index (χ2v) is 4.53. The molecule has 1 heterocycles. The van der Waals surface area contributed by atoms with E-state index in [1.165, 1.54) is 0 Å². The van der Waals surface area contributed by atoms with E-state index >= 15 is 0 Å². The molecule has 20 heavy (non-hydrogen) atoms. The largest absolute Gasteiger partial charge is 0.435 e. The molecule has 3 aromatic rings. The molecular weight excluding hydrogens is 250 g/mol. The van der Waals surface area contributed by atoms with Crippen LogP contribution in [0, 0.1) is 0 Å². The maximum absolute atomic E-state index is 5.87. The molecular formula is C16H15N3O. The molecule has 1 aromatic heterocycles. The lowest BCUT2D eigenvalue weighted by Crippen LogP contribution is -1.93. The predicted molar refractivity (Wildman–Crippen MR) is 79.6 cm³/mol. The predicted octanol–water partition coefficient (Wildman–Crippen LogP) is 3.46. The van der Waals surface area contributed by atoms with Crippen LogP contribution in [0.25, 0.3) is 11.1 Å². The summed E-state index contributed by atoms with van der Waals surface area (Å²) in [6.45, 7) is 0. The molecule has 0 unspecified atom stereocenters. The van der Waals surface area contributed by atoms with E-state index in [9.17, 15) is 0 Å². The van der Waals surface area contributed by atoms with Crippen LogP contribution in [0.1, 0.15) is 0 Å². The monoisotopic (exact) mass is 265 g/mol. The molecule has 0 aliphatic carbocycles. The van der Waals surface area contributed by atoms with Gasteiger partial charge in [0.15, 0.2) is 0 Å². The molecule has 4 heteroatoms. The summed E-state index contributed by atoms with van der Waals surface area (Å²) < 4.78 is 7.49. The number of nitrogens with two attached hydrogens (primary N) is 1. The third-order valence-corrected chi connectivity index (χ3v) is 3.00. The lowest BCUT2D eigenvalue weighted by Gasteiger charge is -2.09. The molecule has 2 N–H and O–H groups in total. The van der Waals surface area contributed by atoms with Crippen LogP contribution in [-0.2, 0) is 7.05 Å². The Labute approximate surface area is 117 Å². The number of anilines is 1. The third kappa shape index (κ3) is 2.36. The second-order valence-electron chi connectivity index (χ2n) is 4.53. The summed E-state index contributed by atoms with van der Waals surface area (Å²) >= 11 is 0. The molecule has 0 saturated heterocycles.